The molecule has 0 unspecified atom stereocenters. The number of halogens is 2. The van der Waals surface area contributed by atoms with Crippen LogP contribution in [0.4, 0.5) is 4.39 Å². The monoisotopic (exact) mass is 517 g/mol. The van der Waals surface area contributed by atoms with Gasteiger partial charge in [-0.25, -0.2) is 9.37 Å². The number of nitrogens with two attached hydrogens (primary N) is 1. The molecule has 5 aromatic rings. The molecule has 0 aliphatic carbocycles. The average Bonchev–Trinajstić information content (AvgIpc) is 3.66. The van der Waals surface area contributed by atoms with E-state index in [1.807, 2.05) is 25.1 Å². The lowest BCUT2D eigenvalue weighted by Gasteiger charge is -2.16. The fraction of sp³-hybridized carbons (Fsp3) is 0.200. The Bertz CT molecular complexity index is 1680. The number of rotatable bonds is 5. The van der Waals surface area contributed by atoms with Crippen LogP contribution < -0.4 is 11.3 Å². The van der Waals surface area contributed by atoms with Gasteiger partial charge in [-0.05, 0) is 58.7 Å². The lowest BCUT2D eigenvalue weighted by atomic mass is 9.99. The number of nitrogens with zero attached hydrogens (tertiary/aromatic N) is 7. The summed E-state index contributed by atoms with van der Waals surface area (Å²) in [6.45, 7) is 2.37. The molecule has 1 aromatic carbocycles. The molecule has 186 valence electrons. The first-order chi connectivity index (χ1) is 17.9. The maximum absolute atomic E-state index is 15.3. The molecule has 3 N–H and O–H groups in total. The molecule has 1 aliphatic rings. The second-order valence-corrected chi connectivity index (χ2v) is 9.37. The van der Waals surface area contributed by atoms with Crippen molar-refractivity contribution in [2.24, 2.45) is 5.73 Å². The van der Waals surface area contributed by atoms with Crippen LogP contribution in [0.2, 0.25) is 5.02 Å². The third kappa shape index (κ3) is 3.92. The predicted molar refractivity (Wildman–Crippen MR) is 135 cm³/mol. The van der Waals surface area contributed by atoms with Gasteiger partial charge in [0.1, 0.15) is 12.2 Å². The maximum atomic E-state index is 15.3. The Hall–Kier alpha value is -4.22. The van der Waals surface area contributed by atoms with Crippen LogP contribution in [0.15, 0.2) is 59.9 Å². The minimum Gasteiger partial charge on any atom is -0.340 e. The summed E-state index contributed by atoms with van der Waals surface area (Å²) in [5.41, 5.74) is 9.67. The Balaban J connectivity index is 1.43. The molecule has 12 heteroatoms. The topological polar surface area (TPSA) is 133 Å². The normalized spacial score (nSPS) is 16.8. The van der Waals surface area contributed by atoms with Crippen LogP contribution in [0.5, 0.6) is 0 Å². The van der Waals surface area contributed by atoms with E-state index in [4.69, 9.17) is 17.3 Å². The van der Waals surface area contributed by atoms with E-state index in [1.165, 1.54) is 23.1 Å². The van der Waals surface area contributed by atoms with Crippen LogP contribution in [0.3, 0.4) is 0 Å². The van der Waals surface area contributed by atoms with Crippen LogP contribution in [-0.4, -0.2) is 39.7 Å². The standard InChI is InChI=1S/C25H21ClFN9O/c1-13-6-21(25-30-11-18(32-25)14-4-5-29-16(7-14)10-28)36-20(13)8-15(9-22(36)37)23-19(35-12-31-33-34-35)3-2-17(26)24(23)27/h2-5,7-9,11-13,21H,6,10,28H2,1H3,(H,30,32)/t13-,21-/m1/s1. The van der Waals surface area contributed by atoms with Crippen molar-refractivity contribution in [3.8, 4) is 28.1 Å². The molecule has 4 aromatic heterocycles. The van der Waals surface area contributed by atoms with Crippen LogP contribution in [0.25, 0.3) is 28.1 Å². The highest BCUT2D eigenvalue weighted by Gasteiger charge is 2.33. The number of hydrogen-bond acceptors (Lipinski definition) is 7. The number of hydrogen-bond donors (Lipinski definition) is 2. The second-order valence-electron chi connectivity index (χ2n) is 8.96. The molecular weight excluding hydrogens is 497 g/mol. The maximum Gasteiger partial charge on any atom is 0.252 e. The Morgan fingerprint density at radius 3 is 2.84 bits per heavy atom. The van der Waals surface area contributed by atoms with Crippen molar-refractivity contribution in [3.05, 3.63) is 93.5 Å². The molecule has 0 saturated carbocycles. The molecule has 0 fully saturated rings. The Morgan fingerprint density at radius 1 is 1.19 bits per heavy atom. The van der Waals surface area contributed by atoms with Gasteiger partial charge in [0.2, 0.25) is 0 Å². The van der Waals surface area contributed by atoms with Gasteiger partial charge in [0.25, 0.3) is 5.56 Å². The summed E-state index contributed by atoms with van der Waals surface area (Å²) in [6, 6.07) is 9.79. The van der Waals surface area contributed by atoms with Crippen molar-refractivity contribution in [1.29, 1.82) is 0 Å². The first-order valence-electron chi connectivity index (χ1n) is 11.6. The van der Waals surface area contributed by atoms with Gasteiger partial charge in [0, 0.05) is 35.6 Å². The molecule has 0 spiro atoms. The zero-order chi connectivity index (χ0) is 25.7. The van der Waals surface area contributed by atoms with E-state index >= 15 is 4.39 Å². The van der Waals surface area contributed by atoms with Crippen molar-refractivity contribution in [1.82, 2.24) is 39.7 Å². The van der Waals surface area contributed by atoms with Gasteiger partial charge in [-0.2, -0.15) is 4.68 Å². The van der Waals surface area contributed by atoms with Gasteiger partial charge in [0.15, 0.2) is 5.82 Å². The summed E-state index contributed by atoms with van der Waals surface area (Å²) < 4.78 is 18.4. The van der Waals surface area contributed by atoms with E-state index in [2.05, 4.69) is 30.5 Å². The average molecular weight is 518 g/mol. The number of imidazole rings is 1. The first kappa shape index (κ1) is 23.2. The molecule has 1 aliphatic heterocycles. The highest BCUT2D eigenvalue weighted by molar-refractivity contribution is 6.31. The largest absolute Gasteiger partial charge is 0.340 e. The predicted octanol–water partition coefficient (Wildman–Crippen LogP) is 3.62. The molecular formula is C25H21ClFN9O. The summed E-state index contributed by atoms with van der Waals surface area (Å²) in [5.74, 6) is 0.0469. The molecule has 37 heavy (non-hydrogen) atoms. The van der Waals surface area contributed by atoms with Gasteiger partial charge in [-0.3, -0.25) is 9.78 Å². The second kappa shape index (κ2) is 9.02. The van der Waals surface area contributed by atoms with Crippen LogP contribution in [0.1, 0.15) is 42.5 Å². The van der Waals surface area contributed by atoms with Crippen molar-refractivity contribution < 1.29 is 4.39 Å². The van der Waals surface area contributed by atoms with Gasteiger partial charge < -0.3 is 15.3 Å². The number of pyridine rings is 2. The van der Waals surface area contributed by atoms with Gasteiger partial charge in [-0.15, -0.1) is 5.10 Å². The van der Waals surface area contributed by atoms with Crippen LogP contribution in [-0.2, 0) is 6.54 Å². The fourth-order valence-corrected chi connectivity index (χ4v) is 5.10. The van der Waals surface area contributed by atoms with E-state index in [1.54, 1.807) is 23.0 Å². The van der Waals surface area contributed by atoms with Crippen molar-refractivity contribution in [3.63, 3.8) is 0 Å². The highest BCUT2D eigenvalue weighted by Crippen LogP contribution is 2.40. The molecule has 0 amide bonds. The van der Waals surface area contributed by atoms with E-state index < -0.39 is 5.82 Å². The number of benzene rings is 1. The van der Waals surface area contributed by atoms with Crippen molar-refractivity contribution in [2.75, 3.05) is 0 Å². The summed E-state index contributed by atoms with van der Waals surface area (Å²) in [5, 5.41) is 11.1. The van der Waals surface area contributed by atoms with Gasteiger partial charge in [-0.1, -0.05) is 18.5 Å². The molecule has 0 saturated heterocycles. The smallest absolute Gasteiger partial charge is 0.252 e. The molecule has 6 rings (SSSR count). The zero-order valence-electron chi connectivity index (χ0n) is 19.6. The number of fused-ring (bicyclic) bond motifs is 1. The summed E-state index contributed by atoms with van der Waals surface area (Å²) in [7, 11) is 0. The number of nitrogens with one attached hydrogen (secondary N) is 1. The summed E-state index contributed by atoms with van der Waals surface area (Å²) in [6.07, 6.45) is 5.47. The third-order valence-corrected chi connectivity index (χ3v) is 6.99. The van der Waals surface area contributed by atoms with Crippen LogP contribution >= 0.6 is 11.6 Å². The van der Waals surface area contributed by atoms with E-state index in [9.17, 15) is 4.79 Å². The van der Waals surface area contributed by atoms with Gasteiger partial charge in [0.05, 0.1) is 34.3 Å². The number of aromatic amines is 1. The number of tetrazole rings is 1. The minimum atomic E-state index is -0.647. The summed E-state index contributed by atoms with van der Waals surface area (Å²) in [4.78, 5) is 25.7. The quantitative estimate of drug-likeness (QED) is 0.363. The number of H-pyrrole nitrogens is 1. The number of aromatic nitrogens is 8. The lowest BCUT2D eigenvalue weighted by Crippen LogP contribution is -2.24. The minimum absolute atomic E-state index is 0.0229. The van der Waals surface area contributed by atoms with Gasteiger partial charge >= 0.3 is 0 Å². The molecule has 0 bridgehead atoms. The van der Waals surface area contributed by atoms with E-state index in [-0.39, 0.29) is 28.1 Å². The van der Waals surface area contributed by atoms with E-state index in [0.717, 1.165) is 22.6 Å². The van der Waals surface area contributed by atoms with E-state index in [0.29, 0.717) is 30.0 Å². The Morgan fingerprint density at radius 2 is 2.05 bits per heavy atom. The lowest BCUT2D eigenvalue weighted by molar-refractivity contribution is 0.557. The third-order valence-electron chi connectivity index (χ3n) is 6.70. The Labute approximate surface area is 215 Å². The van der Waals surface area contributed by atoms with Crippen molar-refractivity contribution >= 4 is 11.6 Å². The van der Waals surface area contributed by atoms with Crippen molar-refractivity contribution in [2.45, 2.75) is 31.8 Å². The zero-order valence-corrected chi connectivity index (χ0v) is 20.4. The molecule has 5 heterocycles. The molecule has 2 atom stereocenters. The Kier molecular flexibility index (Phi) is 5.65. The van der Waals surface area contributed by atoms with Crippen LogP contribution in [0, 0.1) is 5.82 Å². The first-order valence-corrected chi connectivity index (χ1v) is 12.0. The summed E-state index contributed by atoms with van der Waals surface area (Å²) >= 11 is 6.12. The SMILES string of the molecule is C[C@@H]1C[C@H](c2ncc(-c3ccnc(CN)c3)[nH]2)n2c1cc(-c1c(-n3cnnn3)ccc(Cl)c1F)cc2=O. The fourth-order valence-electron chi connectivity index (χ4n) is 4.94. The molecule has 0 radical (unpaired) electrons. The highest BCUT2D eigenvalue weighted by atomic mass is 35.5. The molecule has 10 nitrogen and oxygen atoms in total.